The summed E-state index contributed by atoms with van der Waals surface area (Å²) in [6.07, 6.45) is 2.53. The van der Waals surface area contributed by atoms with Gasteiger partial charge in [0.25, 0.3) is 0 Å². The van der Waals surface area contributed by atoms with Crippen molar-refractivity contribution in [2.75, 3.05) is 0 Å². The molecular formula is C13H18FN. The van der Waals surface area contributed by atoms with E-state index in [1.807, 2.05) is 12.1 Å². The van der Waals surface area contributed by atoms with Crippen molar-refractivity contribution in [2.45, 2.75) is 45.2 Å². The molecule has 0 spiro atoms. The van der Waals surface area contributed by atoms with Crippen molar-refractivity contribution in [1.29, 1.82) is 0 Å². The molecule has 1 aromatic carbocycles. The van der Waals surface area contributed by atoms with E-state index >= 15 is 0 Å². The third-order valence-electron chi connectivity index (χ3n) is 2.82. The monoisotopic (exact) mass is 207 g/mol. The summed E-state index contributed by atoms with van der Waals surface area (Å²) >= 11 is 0. The Morgan fingerprint density at radius 3 is 2.73 bits per heavy atom. The SMILES string of the molecule is CC(C)NCc1cc(C2CC2)ccc1F. The predicted octanol–water partition coefficient (Wildman–Crippen LogP) is 3.20. The molecule has 0 atom stereocenters. The molecule has 2 rings (SSSR count). The number of rotatable bonds is 4. The van der Waals surface area contributed by atoms with Crippen LogP contribution < -0.4 is 5.32 Å². The van der Waals surface area contributed by atoms with E-state index < -0.39 is 0 Å². The molecule has 1 saturated carbocycles. The molecule has 0 unspecified atom stereocenters. The minimum atomic E-state index is -0.0902. The third-order valence-corrected chi connectivity index (χ3v) is 2.82. The van der Waals surface area contributed by atoms with Crippen LogP contribution in [0, 0.1) is 5.82 Å². The molecule has 2 heteroatoms. The highest BCUT2D eigenvalue weighted by Crippen LogP contribution is 2.40. The van der Waals surface area contributed by atoms with E-state index in [9.17, 15) is 4.39 Å². The highest BCUT2D eigenvalue weighted by molar-refractivity contribution is 5.30. The number of nitrogens with one attached hydrogen (secondary N) is 1. The first-order chi connectivity index (χ1) is 7.16. The molecule has 1 fully saturated rings. The quantitative estimate of drug-likeness (QED) is 0.799. The minimum Gasteiger partial charge on any atom is -0.310 e. The van der Waals surface area contributed by atoms with Crippen LogP contribution in [0.5, 0.6) is 0 Å². The van der Waals surface area contributed by atoms with Crippen LogP contribution in [0.1, 0.15) is 43.7 Å². The van der Waals surface area contributed by atoms with Gasteiger partial charge in [0.05, 0.1) is 0 Å². The summed E-state index contributed by atoms with van der Waals surface area (Å²) in [5, 5.41) is 3.25. The Hall–Kier alpha value is -0.890. The molecule has 1 aromatic rings. The van der Waals surface area contributed by atoms with Crippen molar-refractivity contribution < 1.29 is 4.39 Å². The summed E-state index contributed by atoms with van der Waals surface area (Å²) in [5.74, 6) is 0.607. The van der Waals surface area contributed by atoms with E-state index in [1.54, 1.807) is 6.07 Å². The van der Waals surface area contributed by atoms with E-state index in [2.05, 4.69) is 19.2 Å². The third kappa shape index (κ3) is 2.78. The highest BCUT2D eigenvalue weighted by atomic mass is 19.1. The molecule has 15 heavy (non-hydrogen) atoms. The first-order valence-corrected chi connectivity index (χ1v) is 5.68. The predicted molar refractivity (Wildman–Crippen MR) is 60.4 cm³/mol. The lowest BCUT2D eigenvalue weighted by atomic mass is 10.1. The van der Waals surface area contributed by atoms with Crippen LogP contribution in [0.4, 0.5) is 4.39 Å². The maximum atomic E-state index is 13.5. The normalized spacial score (nSPS) is 16.0. The second-order valence-corrected chi connectivity index (χ2v) is 4.66. The van der Waals surface area contributed by atoms with E-state index in [0.29, 0.717) is 18.5 Å². The van der Waals surface area contributed by atoms with Gasteiger partial charge in [-0.05, 0) is 30.4 Å². The van der Waals surface area contributed by atoms with Crippen LogP contribution in [-0.2, 0) is 6.54 Å². The number of halogens is 1. The molecule has 1 aliphatic rings. The lowest BCUT2D eigenvalue weighted by molar-refractivity contribution is 0.552. The zero-order valence-electron chi connectivity index (χ0n) is 9.39. The summed E-state index contributed by atoms with van der Waals surface area (Å²) in [7, 11) is 0. The van der Waals surface area contributed by atoms with Gasteiger partial charge in [0.15, 0.2) is 0 Å². The highest BCUT2D eigenvalue weighted by Gasteiger charge is 2.23. The standard InChI is InChI=1S/C13H18FN/c1-9(2)15-8-12-7-11(10-3-4-10)5-6-13(12)14/h5-7,9-10,15H,3-4,8H2,1-2H3. The van der Waals surface area contributed by atoms with Gasteiger partial charge in [-0.15, -0.1) is 0 Å². The zero-order chi connectivity index (χ0) is 10.8. The molecule has 1 aliphatic carbocycles. The minimum absolute atomic E-state index is 0.0902. The lowest BCUT2D eigenvalue weighted by Gasteiger charge is -2.10. The molecule has 0 heterocycles. The van der Waals surface area contributed by atoms with Crippen molar-refractivity contribution in [3.8, 4) is 0 Å². The van der Waals surface area contributed by atoms with Crippen LogP contribution in [0.15, 0.2) is 18.2 Å². The largest absolute Gasteiger partial charge is 0.310 e. The average Bonchev–Trinajstić information content (AvgIpc) is 3.00. The first-order valence-electron chi connectivity index (χ1n) is 5.68. The lowest BCUT2D eigenvalue weighted by Crippen LogP contribution is -2.22. The smallest absolute Gasteiger partial charge is 0.127 e. The maximum absolute atomic E-state index is 13.5. The fraction of sp³-hybridized carbons (Fsp3) is 0.538. The summed E-state index contributed by atoms with van der Waals surface area (Å²) in [4.78, 5) is 0. The molecule has 0 aromatic heterocycles. The Morgan fingerprint density at radius 1 is 1.40 bits per heavy atom. The van der Waals surface area contributed by atoms with Crippen LogP contribution in [0.3, 0.4) is 0 Å². The van der Waals surface area contributed by atoms with Gasteiger partial charge in [-0.25, -0.2) is 4.39 Å². The molecule has 0 radical (unpaired) electrons. The van der Waals surface area contributed by atoms with Crippen LogP contribution >= 0.6 is 0 Å². The van der Waals surface area contributed by atoms with Gasteiger partial charge in [0.1, 0.15) is 5.82 Å². The van der Waals surface area contributed by atoms with E-state index in [4.69, 9.17) is 0 Å². The average molecular weight is 207 g/mol. The van der Waals surface area contributed by atoms with E-state index in [-0.39, 0.29) is 5.82 Å². The van der Waals surface area contributed by atoms with Crippen molar-refractivity contribution in [3.05, 3.63) is 35.1 Å². The molecular weight excluding hydrogens is 189 g/mol. The zero-order valence-corrected chi connectivity index (χ0v) is 9.39. The number of benzene rings is 1. The van der Waals surface area contributed by atoms with Crippen LogP contribution in [-0.4, -0.2) is 6.04 Å². The van der Waals surface area contributed by atoms with Crippen LogP contribution in [0.25, 0.3) is 0 Å². The fourth-order valence-corrected chi connectivity index (χ4v) is 1.71. The molecule has 0 aliphatic heterocycles. The number of hydrogen-bond acceptors (Lipinski definition) is 1. The Labute approximate surface area is 90.7 Å². The van der Waals surface area contributed by atoms with Gasteiger partial charge in [-0.1, -0.05) is 26.0 Å². The van der Waals surface area contributed by atoms with Gasteiger partial charge >= 0.3 is 0 Å². The van der Waals surface area contributed by atoms with Crippen molar-refractivity contribution in [2.24, 2.45) is 0 Å². The topological polar surface area (TPSA) is 12.0 Å². The van der Waals surface area contributed by atoms with Gasteiger partial charge < -0.3 is 5.32 Å². The molecule has 1 nitrogen and oxygen atoms in total. The molecule has 1 N–H and O–H groups in total. The fourth-order valence-electron chi connectivity index (χ4n) is 1.71. The molecule has 0 saturated heterocycles. The first kappa shape index (κ1) is 10.6. The van der Waals surface area contributed by atoms with Gasteiger partial charge in [-0.2, -0.15) is 0 Å². The molecule has 0 bridgehead atoms. The van der Waals surface area contributed by atoms with Crippen LogP contribution in [0.2, 0.25) is 0 Å². The second kappa shape index (κ2) is 4.31. The van der Waals surface area contributed by atoms with E-state index in [1.165, 1.54) is 18.4 Å². The summed E-state index contributed by atoms with van der Waals surface area (Å²) in [6, 6.07) is 5.94. The van der Waals surface area contributed by atoms with Gasteiger partial charge in [0.2, 0.25) is 0 Å². The summed E-state index contributed by atoms with van der Waals surface area (Å²) in [6.45, 7) is 4.77. The summed E-state index contributed by atoms with van der Waals surface area (Å²) in [5.41, 5.74) is 2.10. The number of hydrogen-bond donors (Lipinski definition) is 1. The molecule has 0 amide bonds. The molecule has 82 valence electrons. The Bertz CT molecular complexity index is 342. The Balaban J connectivity index is 2.09. The maximum Gasteiger partial charge on any atom is 0.127 e. The van der Waals surface area contributed by atoms with Gasteiger partial charge in [0, 0.05) is 18.2 Å². The summed E-state index contributed by atoms with van der Waals surface area (Å²) < 4.78 is 13.5. The van der Waals surface area contributed by atoms with E-state index in [0.717, 1.165) is 5.56 Å². The van der Waals surface area contributed by atoms with Crippen molar-refractivity contribution in [1.82, 2.24) is 5.32 Å². The van der Waals surface area contributed by atoms with Gasteiger partial charge in [-0.3, -0.25) is 0 Å². The Morgan fingerprint density at radius 2 is 2.13 bits per heavy atom. The van der Waals surface area contributed by atoms with Crippen molar-refractivity contribution in [3.63, 3.8) is 0 Å². The second-order valence-electron chi connectivity index (χ2n) is 4.66. The van der Waals surface area contributed by atoms with Crippen molar-refractivity contribution >= 4 is 0 Å². The Kier molecular flexibility index (Phi) is 3.06.